The van der Waals surface area contributed by atoms with E-state index in [4.69, 9.17) is 4.74 Å². The van der Waals surface area contributed by atoms with Crippen molar-refractivity contribution in [1.29, 1.82) is 0 Å². The van der Waals surface area contributed by atoms with Crippen LogP contribution in [0.1, 0.15) is 32.6 Å². The van der Waals surface area contributed by atoms with Gasteiger partial charge in [0.25, 0.3) is 0 Å². The van der Waals surface area contributed by atoms with Crippen LogP contribution in [0.5, 0.6) is 0 Å². The van der Waals surface area contributed by atoms with Gasteiger partial charge in [-0.1, -0.05) is 25.3 Å². The molecule has 1 aliphatic carbocycles. The molecule has 82 valence electrons. The molecule has 0 aromatic heterocycles. The number of rotatable bonds is 8. The monoisotopic (exact) mass is 197 g/mol. The molecule has 1 saturated carbocycles. The van der Waals surface area contributed by atoms with E-state index in [0.717, 1.165) is 25.6 Å². The lowest BCUT2D eigenvalue weighted by Gasteiger charge is -2.25. The van der Waals surface area contributed by atoms with E-state index in [1.54, 1.807) is 0 Å². The fraction of sp³-hybridized carbons (Fsp3) is 0.833. The zero-order valence-electron chi connectivity index (χ0n) is 9.30. The minimum Gasteiger partial charge on any atom is -0.377 e. The molecule has 2 heteroatoms. The summed E-state index contributed by atoms with van der Waals surface area (Å²) in [4.78, 5) is 0. The summed E-state index contributed by atoms with van der Waals surface area (Å²) in [6.07, 6.45) is 7.74. The summed E-state index contributed by atoms with van der Waals surface area (Å²) in [5, 5.41) is 3.26. The number of hydrogen-bond donors (Lipinski definition) is 1. The Morgan fingerprint density at radius 1 is 1.57 bits per heavy atom. The second-order valence-corrected chi connectivity index (χ2v) is 4.21. The Kier molecular flexibility index (Phi) is 5.88. The molecule has 0 aliphatic heterocycles. The standard InChI is InChI=1S/C12H23NO/c1-3-8-13-10-11(2)14-9-7-12-5-4-6-12/h3,11-13H,1,4-10H2,2H3. The number of hydrogen-bond acceptors (Lipinski definition) is 2. The first kappa shape index (κ1) is 11.7. The van der Waals surface area contributed by atoms with Crippen molar-refractivity contribution in [2.24, 2.45) is 5.92 Å². The zero-order valence-corrected chi connectivity index (χ0v) is 9.30. The predicted molar refractivity (Wildman–Crippen MR) is 60.4 cm³/mol. The molecule has 0 aromatic carbocycles. The molecule has 0 spiro atoms. The van der Waals surface area contributed by atoms with E-state index in [9.17, 15) is 0 Å². The van der Waals surface area contributed by atoms with Crippen molar-refractivity contribution in [2.45, 2.75) is 38.7 Å². The smallest absolute Gasteiger partial charge is 0.0671 e. The molecule has 2 nitrogen and oxygen atoms in total. The van der Waals surface area contributed by atoms with Crippen molar-refractivity contribution in [3.8, 4) is 0 Å². The average Bonchev–Trinajstić information content (AvgIpc) is 2.10. The Balaban J connectivity index is 1.86. The van der Waals surface area contributed by atoms with E-state index in [-0.39, 0.29) is 0 Å². The van der Waals surface area contributed by atoms with Crippen molar-refractivity contribution in [2.75, 3.05) is 19.7 Å². The van der Waals surface area contributed by atoms with Gasteiger partial charge in [-0.25, -0.2) is 0 Å². The fourth-order valence-corrected chi connectivity index (χ4v) is 1.66. The van der Waals surface area contributed by atoms with Crippen LogP contribution in [-0.4, -0.2) is 25.8 Å². The van der Waals surface area contributed by atoms with Crippen LogP contribution < -0.4 is 5.32 Å². The highest BCUT2D eigenvalue weighted by Crippen LogP contribution is 2.29. The van der Waals surface area contributed by atoms with Crippen LogP contribution in [0.2, 0.25) is 0 Å². The highest BCUT2D eigenvalue weighted by molar-refractivity contribution is 4.71. The van der Waals surface area contributed by atoms with E-state index < -0.39 is 0 Å². The minimum absolute atomic E-state index is 0.329. The molecule has 0 aromatic rings. The van der Waals surface area contributed by atoms with E-state index in [0.29, 0.717) is 6.10 Å². The summed E-state index contributed by atoms with van der Waals surface area (Å²) in [7, 11) is 0. The SMILES string of the molecule is C=CCNCC(C)OCCC1CCC1. The molecule has 0 heterocycles. The Bertz CT molecular complexity index is 154. The highest BCUT2D eigenvalue weighted by Gasteiger charge is 2.16. The van der Waals surface area contributed by atoms with Gasteiger partial charge in [0.05, 0.1) is 6.10 Å². The second-order valence-electron chi connectivity index (χ2n) is 4.21. The molecule has 1 aliphatic rings. The van der Waals surface area contributed by atoms with E-state index >= 15 is 0 Å². The zero-order chi connectivity index (χ0) is 10.2. The Hall–Kier alpha value is -0.340. The van der Waals surface area contributed by atoms with Crippen molar-refractivity contribution in [3.63, 3.8) is 0 Å². The van der Waals surface area contributed by atoms with Gasteiger partial charge in [0.2, 0.25) is 0 Å². The summed E-state index contributed by atoms with van der Waals surface area (Å²) >= 11 is 0. The molecule has 1 N–H and O–H groups in total. The summed E-state index contributed by atoms with van der Waals surface area (Å²) in [6.45, 7) is 8.51. The quantitative estimate of drug-likeness (QED) is 0.476. The van der Waals surface area contributed by atoms with Crippen LogP contribution in [0.25, 0.3) is 0 Å². The number of nitrogens with one attached hydrogen (secondary N) is 1. The summed E-state index contributed by atoms with van der Waals surface area (Å²) in [5.41, 5.74) is 0. The number of ether oxygens (including phenoxy) is 1. The van der Waals surface area contributed by atoms with Gasteiger partial charge in [0.15, 0.2) is 0 Å². The van der Waals surface area contributed by atoms with Gasteiger partial charge in [0, 0.05) is 19.7 Å². The lowest BCUT2D eigenvalue weighted by Crippen LogP contribution is -2.27. The first-order valence-corrected chi connectivity index (χ1v) is 5.76. The molecule has 14 heavy (non-hydrogen) atoms. The molecule has 0 radical (unpaired) electrons. The molecule has 1 rings (SSSR count). The summed E-state index contributed by atoms with van der Waals surface area (Å²) in [6, 6.07) is 0. The van der Waals surface area contributed by atoms with Gasteiger partial charge in [-0.2, -0.15) is 0 Å². The minimum atomic E-state index is 0.329. The van der Waals surface area contributed by atoms with Gasteiger partial charge >= 0.3 is 0 Å². The molecule has 1 fully saturated rings. The maximum Gasteiger partial charge on any atom is 0.0671 e. The van der Waals surface area contributed by atoms with Crippen molar-refractivity contribution >= 4 is 0 Å². The van der Waals surface area contributed by atoms with Gasteiger partial charge < -0.3 is 10.1 Å². The normalized spacial score (nSPS) is 18.9. The fourth-order valence-electron chi connectivity index (χ4n) is 1.66. The second kappa shape index (κ2) is 7.02. The molecule has 1 unspecified atom stereocenters. The maximum absolute atomic E-state index is 5.70. The maximum atomic E-state index is 5.70. The summed E-state index contributed by atoms with van der Waals surface area (Å²) in [5.74, 6) is 0.961. The van der Waals surface area contributed by atoms with Gasteiger partial charge in [-0.05, 0) is 19.3 Å². The highest BCUT2D eigenvalue weighted by atomic mass is 16.5. The molecular weight excluding hydrogens is 174 g/mol. The third-order valence-electron chi connectivity index (χ3n) is 2.87. The lowest BCUT2D eigenvalue weighted by atomic mass is 9.83. The molecular formula is C12H23NO. The molecule has 1 atom stereocenters. The largest absolute Gasteiger partial charge is 0.377 e. The average molecular weight is 197 g/mol. The van der Waals surface area contributed by atoms with Crippen molar-refractivity contribution < 1.29 is 4.74 Å². The van der Waals surface area contributed by atoms with Crippen molar-refractivity contribution in [1.82, 2.24) is 5.32 Å². The van der Waals surface area contributed by atoms with Gasteiger partial charge in [-0.15, -0.1) is 6.58 Å². The van der Waals surface area contributed by atoms with E-state index in [1.165, 1.54) is 25.7 Å². The van der Waals surface area contributed by atoms with Crippen LogP contribution in [0.15, 0.2) is 12.7 Å². The first-order valence-electron chi connectivity index (χ1n) is 5.76. The van der Waals surface area contributed by atoms with Crippen LogP contribution in [0.4, 0.5) is 0 Å². The Morgan fingerprint density at radius 3 is 2.93 bits per heavy atom. The first-order chi connectivity index (χ1) is 6.83. The third kappa shape index (κ3) is 4.77. The Labute approximate surface area is 87.7 Å². The third-order valence-corrected chi connectivity index (χ3v) is 2.87. The molecule has 0 amide bonds. The van der Waals surface area contributed by atoms with Crippen LogP contribution in [0.3, 0.4) is 0 Å². The van der Waals surface area contributed by atoms with Crippen LogP contribution in [0, 0.1) is 5.92 Å². The van der Waals surface area contributed by atoms with Crippen LogP contribution >= 0.6 is 0 Å². The van der Waals surface area contributed by atoms with Crippen LogP contribution in [-0.2, 0) is 4.74 Å². The summed E-state index contributed by atoms with van der Waals surface area (Å²) < 4.78 is 5.70. The Morgan fingerprint density at radius 2 is 2.36 bits per heavy atom. The molecule has 0 saturated heterocycles. The topological polar surface area (TPSA) is 21.3 Å². The van der Waals surface area contributed by atoms with Crippen molar-refractivity contribution in [3.05, 3.63) is 12.7 Å². The van der Waals surface area contributed by atoms with Gasteiger partial charge in [-0.3, -0.25) is 0 Å². The van der Waals surface area contributed by atoms with E-state index in [2.05, 4.69) is 18.8 Å². The van der Waals surface area contributed by atoms with E-state index in [1.807, 2.05) is 6.08 Å². The molecule has 0 bridgehead atoms. The lowest BCUT2D eigenvalue weighted by molar-refractivity contribution is 0.0498. The van der Waals surface area contributed by atoms with Gasteiger partial charge in [0.1, 0.15) is 0 Å². The predicted octanol–water partition coefficient (Wildman–Crippen LogP) is 2.36.